The number of rotatable bonds is 7. The van der Waals surface area contributed by atoms with Crippen LogP contribution in [0.25, 0.3) is 10.2 Å². The van der Waals surface area contributed by atoms with E-state index in [0.717, 1.165) is 41.1 Å². The van der Waals surface area contributed by atoms with Gasteiger partial charge in [-0.1, -0.05) is 35.6 Å². The van der Waals surface area contributed by atoms with E-state index in [0.29, 0.717) is 5.17 Å². The van der Waals surface area contributed by atoms with Crippen LogP contribution >= 0.6 is 23.1 Å². The number of fused-ring (bicyclic) bond motifs is 1. The molecular formula is C20H18N4O3S2. The monoisotopic (exact) mass is 426 g/mol. The third kappa shape index (κ3) is 4.93. The lowest BCUT2D eigenvalue weighted by atomic mass is 10.1. The normalized spacial score (nSPS) is 16.1. The first-order valence-corrected chi connectivity index (χ1v) is 10.7. The number of anilines is 2. The summed E-state index contributed by atoms with van der Waals surface area (Å²) in [7, 11) is 0. The number of nitrogens with zero attached hydrogens (tertiary/aromatic N) is 2. The third-order valence-corrected chi connectivity index (χ3v) is 6.17. The Bertz CT molecular complexity index is 1050. The molecule has 0 spiro atoms. The van der Waals surface area contributed by atoms with E-state index >= 15 is 0 Å². The number of amidine groups is 1. The zero-order valence-electron chi connectivity index (χ0n) is 15.3. The van der Waals surface area contributed by atoms with Crippen LogP contribution in [0.4, 0.5) is 10.8 Å². The van der Waals surface area contributed by atoms with E-state index < -0.39 is 12.0 Å². The average Bonchev–Trinajstić information content (AvgIpc) is 3.25. The molecular weight excluding hydrogens is 408 g/mol. The highest BCUT2D eigenvalue weighted by Crippen LogP contribution is 2.26. The fourth-order valence-corrected chi connectivity index (χ4v) is 4.58. The molecule has 148 valence electrons. The summed E-state index contributed by atoms with van der Waals surface area (Å²) in [6.45, 7) is 0.778. The highest BCUT2D eigenvalue weighted by atomic mass is 32.2. The number of carbonyl (C=O) groups excluding carboxylic acids is 1. The SMILES string of the molecule is O=C(O)C[C@@H]1N=C(Nc2ccc(CCNc3nc4ccccc4s3)cc2)SC1=O. The minimum absolute atomic E-state index is 0.243. The van der Waals surface area contributed by atoms with Gasteiger partial charge in [-0.05, 0) is 48.0 Å². The maximum atomic E-state index is 11.8. The van der Waals surface area contributed by atoms with Crippen molar-refractivity contribution in [3.05, 3.63) is 54.1 Å². The molecule has 2 heterocycles. The number of carbonyl (C=O) groups is 2. The summed E-state index contributed by atoms with van der Waals surface area (Å²) in [4.78, 5) is 31.3. The van der Waals surface area contributed by atoms with Crippen molar-refractivity contribution in [3.8, 4) is 0 Å². The van der Waals surface area contributed by atoms with Crippen molar-refractivity contribution in [2.45, 2.75) is 18.9 Å². The van der Waals surface area contributed by atoms with Crippen LogP contribution in [-0.4, -0.2) is 38.9 Å². The molecule has 1 atom stereocenters. The maximum Gasteiger partial charge on any atom is 0.306 e. The van der Waals surface area contributed by atoms with Gasteiger partial charge in [-0.25, -0.2) is 9.98 Å². The summed E-state index contributed by atoms with van der Waals surface area (Å²) >= 11 is 2.59. The molecule has 0 saturated carbocycles. The number of thioether (sulfide) groups is 1. The molecule has 0 bridgehead atoms. The number of thiazole rings is 1. The lowest BCUT2D eigenvalue weighted by Crippen LogP contribution is -2.15. The van der Waals surface area contributed by atoms with Gasteiger partial charge in [0.1, 0.15) is 6.04 Å². The Kier molecular flexibility index (Phi) is 5.77. The molecule has 4 rings (SSSR count). The van der Waals surface area contributed by atoms with E-state index in [9.17, 15) is 9.59 Å². The zero-order valence-corrected chi connectivity index (χ0v) is 16.9. The molecule has 1 aromatic heterocycles. The van der Waals surface area contributed by atoms with Crippen molar-refractivity contribution in [3.63, 3.8) is 0 Å². The fraction of sp³-hybridized carbons (Fsp3) is 0.200. The zero-order chi connectivity index (χ0) is 20.2. The van der Waals surface area contributed by atoms with Crippen LogP contribution in [0.1, 0.15) is 12.0 Å². The van der Waals surface area contributed by atoms with Gasteiger partial charge in [-0.15, -0.1) is 0 Å². The molecule has 0 fully saturated rings. The van der Waals surface area contributed by atoms with Gasteiger partial charge >= 0.3 is 5.97 Å². The first-order valence-electron chi connectivity index (χ1n) is 9.03. The van der Waals surface area contributed by atoms with E-state index in [1.54, 1.807) is 11.3 Å². The van der Waals surface area contributed by atoms with Crippen molar-refractivity contribution < 1.29 is 14.7 Å². The number of para-hydroxylation sites is 1. The van der Waals surface area contributed by atoms with Crippen LogP contribution in [0.15, 0.2) is 53.5 Å². The fourth-order valence-electron chi connectivity index (χ4n) is 2.88. The summed E-state index contributed by atoms with van der Waals surface area (Å²) in [5.41, 5.74) is 2.99. The number of carboxylic acid groups (broad SMARTS) is 1. The van der Waals surface area contributed by atoms with Gasteiger partial charge < -0.3 is 15.7 Å². The minimum atomic E-state index is -1.03. The Labute approximate surface area is 175 Å². The Morgan fingerprint density at radius 1 is 1.14 bits per heavy atom. The highest BCUT2D eigenvalue weighted by Gasteiger charge is 2.29. The molecule has 3 aromatic rings. The van der Waals surface area contributed by atoms with E-state index in [2.05, 4.69) is 26.7 Å². The molecule has 0 saturated heterocycles. The van der Waals surface area contributed by atoms with Gasteiger partial charge in [-0.3, -0.25) is 9.59 Å². The van der Waals surface area contributed by atoms with Crippen LogP contribution in [-0.2, 0) is 16.0 Å². The predicted molar refractivity (Wildman–Crippen MR) is 118 cm³/mol. The van der Waals surface area contributed by atoms with Crippen molar-refractivity contribution in [1.82, 2.24) is 4.98 Å². The van der Waals surface area contributed by atoms with Crippen LogP contribution in [0.3, 0.4) is 0 Å². The number of aromatic nitrogens is 1. The molecule has 7 nitrogen and oxygen atoms in total. The Hall–Kier alpha value is -2.91. The third-order valence-electron chi connectivity index (χ3n) is 4.30. The number of benzene rings is 2. The largest absolute Gasteiger partial charge is 0.481 e. The minimum Gasteiger partial charge on any atom is -0.481 e. The average molecular weight is 427 g/mol. The van der Waals surface area contributed by atoms with Crippen LogP contribution < -0.4 is 10.6 Å². The molecule has 3 N–H and O–H groups in total. The summed E-state index contributed by atoms with van der Waals surface area (Å²) < 4.78 is 1.17. The summed E-state index contributed by atoms with van der Waals surface area (Å²) in [6.07, 6.45) is 0.572. The number of hydrogen-bond acceptors (Lipinski definition) is 8. The number of carboxylic acids is 1. The quantitative estimate of drug-likeness (QED) is 0.527. The van der Waals surface area contributed by atoms with Gasteiger partial charge in [0.2, 0.25) is 5.12 Å². The van der Waals surface area contributed by atoms with Gasteiger partial charge in [0, 0.05) is 12.2 Å². The second kappa shape index (κ2) is 8.62. The summed E-state index contributed by atoms with van der Waals surface area (Å²) in [5, 5.41) is 16.4. The summed E-state index contributed by atoms with van der Waals surface area (Å²) in [6, 6.07) is 15.1. The maximum absolute atomic E-state index is 11.8. The van der Waals surface area contributed by atoms with Crippen molar-refractivity contribution in [1.29, 1.82) is 0 Å². The van der Waals surface area contributed by atoms with Crippen LogP contribution in [0.2, 0.25) is 0 Å². The first kappa shape index (κ1) is 19.4. The Balaban J connectivity index is 1.29. The van der Waals surface area contributed by atoms with Gasteiger partial charge in [0.05, 0.1) is 16.6 Å². The smallest absolute Gasteiger partial charge is 0.306 e. The van der Waals surface area contributed by atoms with Crippen LogP contribution in [0, 0.1) is 0 Å². The van der Waals surface area contributed by atoms with E-state index in [4.69, 9.17) is 5.11 Å². The molecule has 9 heteroatoms. The second-order valence-electron chi connectivity index (χ2n) is 6.45. The standard InChI is InChI=1S/C20H18N4O3S2/c25-17(26)11-15-18(27)29-20(24-15)22-13-7-5-12(6-8-13)9-10-21-19-23-14-3-1-2-4-16(14)28-19/h1-8,15H,9-11H2,(H,21,23)(H,22,24)(H,25,26)/t15-/m0/s1. The van der Waals surface area contributed by atoms with Gasteiger partial charge in [0.15, 0.2) is 10.3 Å². The van der Waals surface area contributed by atoms with Gasteiger partial charge in [0.25, 0.3) is 0 Å². The Morgan fingerprint density at radius 3 is 2.69 bits per heavy atom. The van der Waals surface area contributed by atoms with Crippen molar-refractivity contribution in [2.24, 2.45) is 4.99 Å². The topological polar surface area (TPSA) is 104 Å². The molecule has 0 amide bonds. The number of aliphatic imine (C=N–C) groups is 1. The lowest BCUT2D eigenvalue weighted by molar-refractivity contribution is -0.138. The first-order chi connectivity index (χ1) is 14.1. The predicted octanol–water partition coefficient (Wildman–Crippen LogP) is 3.84. The Morgan fingerprint density at radius 2 is 1.93 bits per heavy atom. The van der Waals surface area contributed by atoms with Crippen LogP contribution in [0.5, 0.6) is 0 Å². The number of nitrogens with one attached hydrogen (secondary N) is 2. The molecule has 2 aromatic carbocycles. The van der Waals surface area contributed by atoms with Crippen molar-refractivity contribution in [2.75, 3.05) is 17.2 Å². The molecule has 1 aliphatic heterocycles. The molecule has 0 radical (unpaired) electrons. The number of hydrogen-bond donors (Lipinski definition) is 3. The lowest BCUT2D eigenvalue weighted by Gasteiger charge is -2.07. The van der Waals surface area contributed by atoms with Gasteiger partial charge in [-0.2, -0.15) is 0 Å². The molecule has 0 aliphatic carbocycles. The second-order valence-corrected chi connectivity index (χ2v) is 8.48. The van der Waals surface area contributed by atoms with E-state index in [-0.39, 0.29) is 11.5 Å². The number of aliphatic carboxylic acids is 1. The molecule has 29 heavy (non-hydrogen) atoms. The van der Waals surface area contributed by atoms with E-state index in [1.165, 1.54) is 10.3 Å². The molecule has 1 aliphatic rings. The summed E-state index contributed by atoms with van der Waals surface area (Å²) in [5.74, 6) is -1.03. The molecule has 0 unspecified atom stereocenters. The van der Waals surface area contributed by atoms with E-state index in [1.807, 2.05) is 42.5 Å². The van der Waals surface area contributed by atoms with Crippen molar-refractivity contribution >= 4 is 60.4 Å². The highest BCUT2D eigenvalue weighted by molar-refractivity contribution is 8.27.